The van der Waals surface area contributed by atoms with Crippen LogP contribution in [0.1, 0.15) is 38.5 Å². The number of para-hydroxylation sites is 2. The van der Waals surface area contributed by atoms with E-state index in [0.717, 1.165) is 30.6 Å². The van der Waals surface area contributed by atoms with Crippen LogP contribution in [0.4, 0.5) is 11.4 Å². The number of carbonyl (C=O) groups excluding carboxylic acids is 2. The average molecular weight is 389 g/mol. The molecule has 29 heavy (non-hydrogen) atoms. The molecule has 4 bridgehead atoms. The third-order valence-corrected chi connectivity index (χ3v) is 7.31. The zero-order valence-corrected chi connectivity index (χ0v) is 16.6. The van der Waals surface area contributed by atoms with Gasteiger partial charge in [0.25, 0.3) is 0 Å². The fourth-order valence-corrected chi connectivity index (χ4v) is 6.68. The normalized spacial score (nSPS) is 29.6. The van der Waals surface area contributed by atoms with Gasteiger partial charge in [0, 0.05) is 11.4 Å². The summed E-state index contributed by atoms with van der Waals surface area (Å²) in [6, 6.07) is 19.0. The van der Waals surface area contributed by atoms with Crippen LogP contribution >= 0.6 is 0 Å². The molecule has 4 saturated carbocycles. The Kier molecular flexibility index (Phi) is 4.65. The van der Waals surface area contributed by atoms with Crippen molar-refractivity contribution in [1.82, 2.24) is 0 Å². The first-order valence-corrected chi connectivity index (χ1v) is 10.8. The maximum atomic E-state index is 13.5. The summed E-state index contributed by atoms with van der Waals surface area (Å²) in [7, 11) is 0. The summed E-state index contributed by atoms with van der Waals surface area (Å²) in [6.07, 6.45) is 6.88. The van der Waals surface area contributed by atoms with E-state index in [1.165, 1.54) is 19.3 Å². The second-order valence-electron chi connectivity index (χ2n) is 9.42. The molecule has 4 aliphatic rings. The average Bonchev–Trinajstić information content (AvgIpc) is 2.68. The van der Waals surface area contributed by atoms with Crippen molar-refractivity contribution in [2.75, 3.05) is 10.6 Å². The zero-order chi connectivity index (χ0) is 19.8. The summed E-state index contributed by atoms with van der Waals surface area (Å²) < 4.78 is 0. The van der Waals surface area contributed by atoms with E-state index >= 15 is 0 Å². The van der Waals surface area contributed by atoms with Gasteiger partial charge in [0.1, 0.15) is 5.92 Å². The number of hydrogen-bond acceptors (Lipinski definition) is 2. The van der Waals surface area contributed by atoms with Crippen LogP contribution in [0.25, 0.3) is 0 Å². The van der Waals surface area contributed by atoms with Gasteiger partial charge in [-0.3, -0.25) is 9.59 Å². The number of hydrogen-bond donors (Lipinski definition) is 2. The van der Waals surface area contributed by atoms with Gasteiger partial charge >= 0.3 is 0 Å². The Balaban J connectivity index is 1.45. The first kappa shape index (κ1) is 18.4. The smallest absolute Gasteiger partial charge is 0.237 e. The Morgan fingerprint density at radius 3 is 1.45 bits per heavy atom. The Labute approximate surface area is 172 Å². The molecule has 2 N–H and O–H groups in total. The summed E-state index contributed by atoms with van der Waals surface area (Å²) in [5.41, 5.74) is 1.30. The number of nitrogens with one attached hydrogen (secondary N) is 2. The van der Waals surface area contributed by atoms with Crippen LogP contribution in [0.2, 0.25) is 0 Å². The quantitative estimate of drug-likeness (QED) is 0.701. The van der Waals surface area contributed by atoms with Crippen LogP contribution in [0.3, 0.4) is 0 Å². The fourth-order valence-electron chi connectivity index (χ4n) is 6.68. The standard InChI is InChI=1S/C25H28N2O2/c28-23(26-20-7-3-1-4-8-20)22(24(29)27-21-9-5-2-6-10-21)25-14-17-11-18(15-25)13-19(12-17)16-25/h1-10,17-19,22H,11-16H2,(H,26,28)(H,27,29). The lowest BCUT2D eigenvalue weighted by Crippen LogP contribution is -2.55. The third-order valence-electron chi connectivity index (χ3n) is 7.31. The Hall–Kier alpha value is -2.62. The van der Waals surface area contributed by atoms with Gasteiger partial charge in [-0.2, -0.15) is 0 Å². The van der Waals surface area contributed by atoms with Crippen molar-refractivity contribution >= 4 is 23.2 Å². The minimum Gasteiger partial charge on any atom is -0.325 e. The predicted molar refractivity (Wildman–Crippen MR) is 114 cm³/mol. The van der Waals surface area contributed by atoms with Gasteiger partial charge in [0.15, 0.2) is 0 Å². The topological polar surface area (TPSA) is 58.2 Å². The fraction of sp³-hybridized carbons (Fsp3) is 0.440. The van der Waals surface area contributed by atoms with Crippen LogP contribution in [0.5, 0.6) is 0 Å². The summed E-state index contributed by atoms with van der Waals surface area (Å²) in [5.74, 6) is 1.06. The first-order valence-electron chi connectivity index (χ1n) is 10.8. The largest absolute Gasteiger partial charge is 0.325 e. The molecule has 0 aromatic heterocycles. The first-order chi connectivity index (χ1) is 14.1. The van der Waals surface area contributed by atoms with Gasteiger partial charge in [0.05, 0.1) is 0 Å². The van der Waals surface area contributed by atoms with Gasteiger partial charge in [-0.1, -0.05) is 36.4 Å². The minimum absolute atomic E-state index is 0.161. The number of anilines is 2. The summed E-state index contributed by atoms with van der Waals surface area (Å²) >= 11 is 0. The second kappa shape index (κ2) is 7.33. The monoisotopic (exact) mass is 388 g/mol. The number of amides is 2. The molecule has 0 saturated heterocycles. The highest BCUT2D eigenvalue weighted by molar-refractivity contribution is 6.11. The highest BCUT2D eigenvalue weighted by Crippen LogP contribution is 2.63. The van der Waals surface area contributed by atoms with E-state index < -0.39 is 5.92 Å². The van der Waals surface area contributed by atoms with Crippen molar-refractivity contribution in [2.45, 2.75) is 38.5 Å². The van der Waals surface area contributed by atoms with Crippen LogP contribution in [-0.2, 0) is 9.59 Å². The van der Waals surface area contributed by atoms with Crippen LogP contribution in [0.15, 0.2) is 60.7 Å². The number of carbonyl (C=O) groups is 2. The highest BCUT2D eigenvalue weighted by Gasteiger charge is 2.58. The van der Waals surface area contributed by atoms with Crippen molar-refractivity contribution in [2.24, 2.45) is 29.1 Å². The second-order valence-corrected chi connectivity index (χ2v) is 9.42. The van der Waals surface area contributed by atoms with E-state index in [2.05, 4.69) is 10.6 Å². The molecule has 6 rings (SSSR count). The Morgan fingerprint density at radius 2 is 1.07 bits per heavy atom. The molecule has 4 heteroatoms. The van der Waals surface area contributed by atoms with Crippen molar-refractivity contribution in [3.05, 3.63) is 60.7 Å². The van der Waals surface area contributed by atoms with E-state index in [0.29, 0.717) is 17.8 Å². The van der Waals surface area contributed by atoms with E-state index in [1.807, 2.05) is 60.7 Å². The lowest BCUT2D eigenvalue weighted by molar-refractivity contribution is -0.147. The maximum absolute atomic E-state index is 13.5. The summed E-state index contributed by atoms with van der Waals surface area (Å²) in [5, 5.41) is 6.07. The lowest BCUT2D eigenvalue weighted by Gasteiger charge is -2.58. The van der Waals surface area contributed by atoms with E-state index in [1.54, 1.807) is 0 Å². The van der Waals surface area contributed by atoms with Gasteiger partial charge in [-0.25, -0.2) is 0 Å². The highest BCUT2D eigenvalue weighted by atomic mass is 16.2. The zero-order valence-electron chi connectivity index (χ0n) is 16.6. The molecular formula is C25H28N2O2. The van der Waals surface area contributed by atoms with E-state index in [9.17, 15) is 9.59 Å². The van der Waals surface area contributed by atoms with Crippen molar-refractivity contribution in [1.29, 1.82) is 0 Å². The molecular weight excluding hydrogens is 360 g/mol. The Bertz CT molecular complexity index is 805. The molecule has 2 aromatic carbocycles. The molecule has 0 heterocycles. The molecule has 4 fully saturated rings. The van der Waals surface area contributed by atoms with Gasteiger partial charge in [-0.15, -0.1) is 0 Å². The lowest BCUT2D eigenvalue weighted by atomic mass is 9.46. The van der Waals surface area contributed by atoms with E-state index in [4.69, 9.17) is 0 Å². The molecule has 4 aliphatic carbocycles. The Morgan fingerprint density at radius 1 is 0.690 bits per heavy atom. The third kappa shape index (κ3) is 3.57. The van der Waals surface area contributed by atoms with Crippen molar-refractivity contribution in [3.63, 3.8) is 0 Å². The minimum atomic E-state index is -0.656. The van der Waals surface area contributed by atoms with Crippen LogP contribution in [-0.4, -0.2) is 11.8 Å². The van der Waals surface area contributed by atoms with Gasteiger partial charge in [-0.05, 0) is 86.0 Å². The van der Waals surface area contributed by atoms with Gasteiger partial charge in [0.2, 0.25) is 11.8 Å². The molecule has 0 radical (unpaired) electrons. The van der Waals surface area contributed by atoms with Crippen molar-refractivity contribution in [3.8, 4) is 0 Å². The van der Waals surface area contributed by atoms with E-state index in [-0.39, 0.29) is 17.2 Å². The van der Waals surface area contributed by atoms with Crippen LogP contribution in [0, 0.1) is 29.1 Å². The molecule has 150 valence electrons. The number of rotatable bonds is 5. The molecule has 0 unspecified atom stereocenters. The molecule has 4 nitrogen and oxygen atoms in total. The number of benzene rings is 2. The van der Waals surface area contributed by atoms with Gasteiger partial charge < -0.3 is 10.6 Å². The molecule has 0 atom stereocenters. The summed E-state index contributed by atoms with van der Waals surface area (Å²) in [4.78, 5) is 27.0. The molecule has 2 amide bonds. The van der Waals surface area contributed by atoms with Crippen LogP contribution < -0.4 is 10.6 Å². The SMILES string of the molecule is O=C(Nc1ccccc1)C(C(=O)Nc1ccccc1)C12CC3CC(CC(C3)C1)C2. The molecule has 0 spiro atoms. The maximum Gasteiger partial charge on any atom is 0.237 e. The summed E-state index contributed by atoms with van der Waals surface area (Å²) in [6.45, 7) is 0. The molecule has 2 aromatic rings. The van der Waals surface area contributed by atoms with Crippen molar-refractivity contribution < 1.29 is 9.59 Å². The predicted octanol–water partition coefficient (Wildman–Crippen LogP) is 5.10. The molecule has 0 aliphatic heterocycles.